The van der Waals surface area contributed by atoms with Crippen molar-refractivity contribution in [3.8, 4) is 11.5 Å². The minimum atomic E-state index is -0.887. The number of rotatable bonds is 1. The second-order valence-corrected chi connectivity index (χ2v) is 6.50. The molecule has 3 aromatic rings. The SMILES string of the molecule is Cn1c(=NC(=O)[C@@H]2COc3ccccc3O2)sc2cc(F)cc(F)c21. The molecule has 1 aliphatic rings. The molecule has 0 radical (unpaired) electrons. The van der Waals surface area contributed by atoms with Crippen LogP contribution in [-0.2, 0) is 11.8 Å². The van der Waals surface area contributed by atoms with Crippen molar-refractivity contribution in [3.05, 3.63) is 52.8 Å². The zero-order valence-corrected chi connectivity index (χ0v) is 13.8. The van der Waals surface area contributed by atoms with Crippen LogP contribution in [-0.4, -0.2) is 23.2 Å². The number of thiazole rings is 1. The monoisotopic (exact) mass is 362 g/mol. The highest BCUT2D eigenvalue weighted by atomic mass is 32.1. The van der Waals surface area contributed by atoms with E-state index in [0.717, 1.165) is 17.4 Å². The molecular formula is C17H12F2N2O3S. The summed E-state index contributed by atoms with van der Waals surface area (Å²) in [5, 5.41) is 0. The van der Waals surface area contributed by atoms with Crippen molar-refractivity contribution in [1.82, 2.24) is 4.57 Å². The molecule has 5 nitrogen and oxygen atoms in total. The van der Waals surface area contributed by atoms with Crippen molar-refractivity contribution in [2.75, 3.05) is 6.61 Å². The molecule has 25 heavy (non-hydrogen) atoms. The van der Waals surface area contributed by atoms with Gasteiger partial charge in [0.15, 0.2) is 22.1 Å². The van der Waals surface area contributed by atoms with Crippen molar-refractivity contribution in [3.63, 3.8) is 0 Å². The van der Waals surface area contributed by atoms with Gasteiger partial charge in [0.25, 0.3) is 5.91 Å². The van der Waals surface area contributed by atoms with E-state index in [-0.39, 0.29) is 16.9 Å². The molecule has 0 saturated heterocycles. The summed E-state index contributed by atoms with van der Waals surface area (Å²) < 4.78 is 40.2. The molecule has 0 N–H and O–H groups in total. The van der Waals surface area contributed by atoms with Gasteiger partial charge in [-0.2, -0.15) is 4.99 Å². The molecule has 0 saturated carbocycles. The van der Waals surface area contributed by atoms with E-state index in [1.165, 1.54) is 10.6 Å². The molecule has 2 heterocycles. The maximum absolute atomic E-state index is 14.0. The highest BCUT2D eigenvalue weighted by Gasteiger charge is 2.27. The van der Waals surface area contributed by atoms with E-state index < -0.39 is 23.6 Å². The lowest BCUT2D eigenvalue weighted by Gasteiger charge is -2.23. The number of fused-ring (bicyclic) bond motifs is 2. The fraction of sp³-hybridized carbons (Fsp3) is 0.176. The van der Waals surface area contributed by atoms with Crippen LogP contribution in [0.5, 0.6) is 11.5 Å². The Balaban J connectivity index is 1.70. The van der Waals surface area contributed by atoms with E-state index in [4.69, 9.17) is 9.47 Å². The molecule has 1 aliphatic heterocycles. The molecule has 0 fully saturated rings. The lowest BCUT2D eigenvalue weighted by Crippen LogP contribution is -2.36. The Hall–Kier alpha value is -2.74. The number of aryl methyl sites for hydroxylation is 1. The van der Waals surface area contributed by atoms with E-state index in [1.54, 1.807) is 31.3 Å². The summed E-state index contributed by atoms with van der Waals surface area (Å²) >= 11 is 1.03. The van der Waals surface area contributed by atoms with Crippen LogP contribution < -0.4 is 14.3 Å². The quantitative estimate of drug-likeness (QED) is 0.669. The number of hydrogen-bond donors (Lipinski definition) is 0. The molecule has 8 heteroatoms. The van der Waals surface area contributed by atoms with Gasteiger partial charge < -0.3 is 14.0 Å². The highest BCUT2D eigenvalue weighted by Crippen LogP contribution is 2.31. The molecular weight excluding hydrogens is 350 g/mol. The van der Waals surface area contributed by atoms with Gasteiger partial charge in [0.05, 0.1) is 10.2 Å². The summed E-state index contributed by atoms with van der Waals surface area (Å²) in [6, 6.07) is 9.04. The smallest absolute Gasteiger partial charge is 0.292 e. The first-order chi connectivity index (χ1) is 12.0. The molecule has 1 aromatic heterocycles. The fourth-order valence-electron chi connectivity index (χ4n) is 2.61. The first kappa shape index (κ1) is 15.8. The largest absolute Gasteiger partial charge is 0.485 e. The number of ether oxygens (including phenoxy) is 2. The first-order valence-electron chi connectivity index (χ1n) is 7.44. The standard InChI is InChI=1S/C17H12F2N2O3S/c1-21-15-10(19)6-9(18)7-14(15)25-17(21)20-16(22)13-8-23-11-4-2-3-5-12(11)24-13/h2-7,13H,8H2,1H3/t13-/m0/s1. The minimum absolute atomic E-state index is 0.0386. The van der Waals surface area contributed by atoms with Gasteiger partial charge in [0.2, 0.25) is 6.10 Å². The van der Waals surface area contributed by atoms with Gasteiger partial charge in [-0.05, 0) is 18.2 Å². The Bertz CT molecular complexity index is 1060. The van der Waals surface area contributed by atoms with Crippen LogP contribution in [0.3, 0.4) is 0 Å². The minimum Gasteiger partial charge on any atom is -0.485 e. The van der Waals surface area contributed by atoms with Gasteiger partial charge in [-0.25, -0.2) is 8.78 Å². The summed E-state index contributed by atoms with van der Waals surface area (Å²) in [5.74, 6) is -0.885. The summed E-state index contributed by atoms with van der Waals surface area (Å²) in [7, 11) is 1.57. The maximum Gasteiger partial charge on any atom is 0.292 e. The Morgan fingerprint density at radius 1 is 1.28 bits per heavy atom. The lowest BCUT2D eigenvalue weighted by atomic mass is 10.2. The van der Waals surface area contributed by atoms with Crippen LogP contribution in [0.15, 0.2) is 41.4 Å². The molecule has 1 amide bonds. The van der Waals surface area contributed by atoms with Crippen LogP contribution in [0, 0.1) is 11.6 Å². The van der Waals surface area contributed by atoms with Crippen LogP contribution in [0.25, 0.3) is 10.2 Å². The van der Waals surface area contributed by atoms with Crippen LogP contribution in [0.2, 0.25) is 0 Å². The average molecular weight is 362 g/mol. The Kier molecular flexibility index (Phi) is 3.76. The summed E-state index contributed by atoms with van der Waals surface area (Å²) in [5.41, 5.74) is 0.198. The van der Waals surface area contributed by atoms with Crippen molar-refractivity contribution in [2.24, 2.45) is 12.0 Å². The number of benzene rings is 2. The van der Waals surface area contributed by atoms with Gasteiger partial charge in [0.1, 0.15) is 12.4 Å². The number of aromatic nitrogens is 1. The van der Waals surface area contributed by atoms with Crippen LogP contribution in [0.1, 0.15) is 0 Å². The Morgan fingerprint density at radius 3 is 2.84 bits per heavy atom. The van der Waals surface area contributed by atoms with Crippen molar-refractivity contribution in [2.45, 2.75) is 6.10 Å². The predicted molar refractivity (Wildman–Crippen MR) is 87.6 cm³/mol. The molecule has 0 spiro atoms. The van der Waals surface area contributed by atoms with Crippen molar-refractivity contribution < 1.29 is 23.0 Å². The molecule has 0 bridgehead atoms. The van der Waals surface area contributed by atoms with Crippen LogP contribution >= 0.6 is 11.3 Å². The summed E-state index contributed by atoms with van der Waals surface area (Å²) in [4.78, 5) is 16.7. The zero-order valence-electron chi connectivity index (χ0n) is 13.0. The van der Waals surface area contributed by atoms with E-state index in [0.29, 0.717) is 16.2 Å². The molecule has 0 aliphatic carbocycles. The lowest BCUT2D eigenvalue weighted by molar-refractivity contribution is -0.127. The van der Waals surface area contributed by atoms with Crippen molar-refractivity contribution in [1.29, 1.82) is 0 Å². The van der Waals surface area contributed by atoms with E-state index >= 15 is 0 Å². The molecule has 0 unspecified atom stereocenters. The third-order valence-corrected chi connectivity index (χ3v) is 4.89. The third kappa shape index (κ3) is 2.78. The second kappa shape index (κ2) is 5.96. The van der Waals surface area contributed by atoms with Gasteiger partial charge in [0, 0.05) is 13.1 Å². The number of carbonyl (C=O) groups is 1. The fourth-order valence-corrected chi connectivity index (χ4v) is 3.68. The summed E-state index contributed by atoms with van der Waals surface area (Å²) in [6.45, 7) is 0.0386. The number of para-hydroxylation sites is 2. The molecule has 1 atom stereocenters. The molecule has 2 aromatic carbocycles. The van der Waals surface area contributed by atoms with Crippen LogP contribution in [0.4, 0.5) is 8.78 Å². The van der Waals surface area contributed by atoms with E-state index in [2.05, 4.69) is 4.99 Å². The third-order valence-electron chi connectivity index (χ3n) is 3.81. The van der Waals surface area contributed by atoms with Gasteiger partial charge >= 0.3 is 0 Å². The Labute approximate surface area is 144 Å². The number of carbonyl (C=O) groups excluding carboxylic acids is 1. The zero-order chi connectivity index (χ0) is 17.6. The Morgan fingerprint density at radius 2 is 2.04 bits per heavy atom. The second-order valence-electron chi connectivity index (χ2n) is 5.49. The van der Waals surface area contributed by atoms with E-state index in [9.17, 15) is 13.6 Å². The first-order valence-corrected chi connectivity index (χ1v) is 8.26. The summed E-state index contributed by atoms with van der Waals surface area (Å²) in [6.07, 6.45) is -0.887. The number of amides is 1. The highest BCUT2D eigenvalue weighted by molar-refractivity contribution is 7.16. The van der Waals surface area contributed by atoms with Gasteiger partial charge in [-0.1, -0.05) is 23.5 Å². The van der Waals surface area contributed by atoms with Gasteiger partial charge in [-0.15, -0.1) is 0 Å². The van der Waals surface area contributed by atoms with E-state index in [1.807, 2.05) is 0 Å². The normalized spacial score (nSPS) is 17.1. The number of hydrogen-bond acceptors (Lipinski definition) is 4. The van der Waals surface area contributed by atoms with Crippen molar-refractivity contribution >= 4 is 27.5 Å². The topological polar surface area (TPSA) is 52.8 Å². The number of nitrogens with zero attached hydrogens (tertiary/aromatic N) is 2. The predicted octanol–water partition coefficient (Wildman–Crippen LogP) is 2.79. The van der Waals surface area contributed by atoms with Gasteiger partial charge in [-0.3, -0.25) is 4.79 Å². The molecule has 4 rings (SSSR count). The average Bonchev–Trinajstić information content (AvgIpc) is 2.90. The maximum atomic E-state index is 14.0. The number of halogens is 2. The molecule has 128 valence electrons.